The number of hydrogen-bond donors (Lipinski definition) is 3. The fourth-order valence-electron chi connectivity index (χ4n) is 5.10. The third-order valence-corrected chi connectivity index (χ3v) is 8.59. The van der Waals surface area contributed by atoms with Crippen molar-refractivity contribution in [3.8, 4) is 23.0 Å². The van der Waals surface area contributed by atoms with Crippen LogP contribution in [0.25, 0.3) is 32.9 Å². The van der Waals surface area contributed by atoms with Crippen LogP contribution in [0.1, 0.15) is 5.56 Å². The van der Waals surface area contributed by atoms with Crippen LogP contribution in [0, 0.1) is 6.92 Å². The lowest BCUT2D eigenvalue weighted by molar-refractivity contribution is -0.372. The van der Waals surface area contributed by atoms with Crippen LogP contribution in [0.15, 0.2) is 78.1 Å². The van der Waals surface area contributed by atoms with E-state index >= 15 is 0 Å². The van der Waals surface area contributed by atoms with Crippen molar-refractivity contribution in [3.63, 3.8) is 0 Å². The third kappa shape index (κ3) is 6.62. The second-order valence-electron chi connectivity index (χ2n) is 10.9. The van der Waals surface area contributed by atoms with Gasteiger partial charge in [0.15, 0.2) is 0 Å². The van der Waals surface area contributed by atoms with Crippen molar-refractivity contribution in [2.75, 3.05) is 24.3 Å². The summed E-state index contributed by atoms with van der Waals surface area (Å²) in [6, 6.07) is 15.4. The molecule has 0 atom stereocenters. The van der Waals surface area contributed by atoms with E-state index in [0.717, 1.165) is 16.0 Å². The minimum absolute atomic E-state index is 0.0185. The molecular formula is C32H26F6N8O3S. The van der Waals surface area contributed by atoms with Gasteiger partial charge in [0.05, 0.1) is 44.2 Å². The quantitative estimate of drug-likeness (QED) is 0.0963. The van der Waals surface area contributed by atoms with Crippen LogP contribution in [0.5, 0.6) is 11.8 Å². The molecule has 4 heterocycles. The summed E-state index contributed by atoms with van der Waals surface area (Å²) in [4.78, 5) is 18.4. The Balaban J connectivity index is 1.24. The molecule has 0 saturated carbocycles. The molecule has 4 aromatic heterocycles. The van der Waals surface area contributed by atoms with E-state index in [0.29, 0.717) is 55.8 Å². The normalized spacial score (nSPS) is 12.4. The Labute approximate surface area is 283 Å². The van der Waals surface area contributed by atoms with E-state index in [-0.39, 0.29) is 5.52 Å². The largest absolute Gasteiger partial charge is 0.481 e. The molecule has 0 aliphatic rings. The van der Waals surface area contributed by atoms with E-state index in [1.165, 1.54) is 38.4 Å². The average molecular weight is 717 g/mol. The number of hydrogen-bond acceptors (Lipinski definition) is 11. The number of rotatable bonds is 10. The molecule has 0 radical (unpaired) electrons. The van der Waals surface area contributed by atoms with Gasteiger partial charge in [0.1, 0.15) is 5.82 Å². The number of benzene rings is 2. The predicted molar refractivity (Wildman–Crippen MR) is 174 cm³/mol. The number of pyridine rings is 2. The van der Waals surface area contributed by atoms with Gasteiger partial charge in [0.2, 0.25) is 17.7 Å². The van der Waals surface area contributed by atoms with Gasteiger partial charge in [-0.05, 0) is 66.9 Å². The number of fused-ring (bicyclic) bond motifs is 2. The fraction of sp³-hybridized carbons (Fsp3) is 0.219. The number of halogens is 6. The molecule has 50 heavy (non-hydrogen) atoms. The van der Waals surface area contributed by atoms with Crippen LogP contribution < -0.4 is 19.5 Å². The van der Waals surface area contributed by atoms with Crippen LogP contribution in [0.4, 0.5) is 43.8 Å². The minimum Gasteiger partial charge on any atom is -0.481 e. The van der Waals surface area contributed by atoms with Crippen LogP contribution in [-0.4, -0.2) is 67.0 Å². The zero-order chi connectivity index (χ0) is 35.8. The molecule has 0 bridgehead atoms. The number of alkyl halides is 6. The van der Waals surface area contributed by atoms with Crippen molar-refractivity contribution < 1.29 is 40.9 Å². The van der Waals surface area contributed by atoms with E-state index < -0.39 is 24.5 Å². The molecular weight excluding hydrogens is 690 g/mol. The maximum Gasteiger partial charge on any atom is 0.428 e. The smallest absolute Gasteiger partial charge is 0.428 e. The molecule has 0 saturated heterocycles. The zero-order valence-corrected chi connectivity index (χ0v) is 27.1. The fourth-order valence-corrected chi connectivity index (χ4v) is 5.67. The maximum absolute atomic E-state index is 13.4. The van der Waals surface area contributed by atoms with E-state index in [2.05, 4.69) is 35.1 Å². The van der Waals surface area contributed by atoms with E-state index in [4.69, 9.17) is 9.47 Å². The lowest BCUT2D eigenvalue weighted by atomic mass is 9.98. The standard InChI is InChI=1S/C32H26F6N8O3S/c1-17-21(8-9-24-23(17)15-41-46(24)16-30(47,31(33,34)35)32(36,37)38)28-22-12-25(40-14-18(22)10-11-39-28)42-19-4-6-20(7-5-19)50-45-29-43-26(48-2)13-27(44-29)49-3/h4-15,47H,16H2,1-3H3,(H,40,42)(H,43,44,45). The molecule has 0 aliphatic carbocycles. The second-order valence-corrected chi connectivity index (χ2v) is 11.8. The number of aliphatic hydroxyl groups is 1. The highest BCUT2D eigenvalue weighted by Gasteiger charge is 2.70. The van der Waals surface area contributed by atoms with Gasteiger partial charge in [-0.1, -0.05) is 6.07 Å². The van der Waals surface area contributed by atoms with Crippen LogP contribution in [-0.2, 0) is 6.54 Å². The molecule has 0 aliphatic heterocycles. The molecule has 0 unspecified atom stereocenters. The number of nitrogens with zero attached hydrogens (tertiary/aromatic N) is 6. The molecule has 0 fully saturated rings. The van der Waals surface area contributed by atoms with Crippen molar-refractivity contribution in [1.82, 2.24) is 29.7 Å². The first kappa shape index (κ1) is 34.5. The van der Waals surface area contributed by atoms with Crippen molar-refractivity contribution in [3.05, 3.63) is 78.8 Å². The molecule has 3 N–H and O–H groups in total. The van der Waals surface area contributed by atoms with Gasteiger partial charge in [-0.15, -0.1) is 0 Å². The highest BCUT2D eigenvalue weighted by atomic mass is 32.2. The third-order valence-electron chi connectivity index (χ3n) is 7.80. The van der Waals surface area contributed by atoms with E-state index in [9.17, 15) is 31.4 Å². The van der Waals surface area contributed by atoms with Crippen LogP contribution >= 0.6 is 11.9 Å². The molecule has 6 rings (SSSR count). The molecule has 18 heteroatoms. The first-order valence-corrected chi connectivity index (χ1v) is 15.4. The van der Waals surface area contributed by atoms with Crippen LogP contribution in [0.3, 0.4) is 0 Å². The summed E-state index contributed by atoms with van der Waals surface area (Å²) in [5.74, 6) is 1.48. The highest BCUT2D eigenvalue weighted by molar-refractivity contribution is 8.00. The second kappa shape index (κ2) is 13.2. The van der Waals surface area contributed by atoms with Gasteiger partial charge >= 0.3 is 12.4 Å². The Bertz CT molecular complexity index is 2140. The van der Waals surface area contributed by atoms with Crippen molar-refractivity contribution in [2.24, 2.45) is 0 Å². The van der Waals surface area contributed by atoms with Gasteiger partial charge in [-0.2, -0.15) is 41.4 Å². The number of aromatic nitrogens is 6. The Hall–Kier alpha value is -5.36. The summed E-state index contributed by atoms with van der Waals surface area (Å²) >= 11 is 1.28. The highest BCUT2D eigenvalue weighted by Crippen LogP contribution is 2.45. The summed E-state index contributed by atoms with van der Waals surface area (Å²) in [6.45, 7) is -0.201. The van der Waals surface area contributed by atoms with Crippen LogP contribution in [0.2, 0.25) is 0 Å². The van der Waals surface area contributed by atoms with Gasteiger partial charge in [0, 0.05) is 44.7 Å². The maximum atomic E-state index is 13.4. The SMILES string of the molecule is COc1cc(OC)nc(NSc2ccc(Nc3cc4c(-c5ccc6c(cnn6CC(O)(C(F)(F)F)C(F)(F)F)c5C)nccc4cn3)cc2)n1. The monoisotopic (exact) mass is 716 g/mol. The Morgan fingerprint density at radius 2 is 1.52 bits per heavy atom. The first-order chi connectivity index (χ1) is 23.7. The van der Waals surface area contributed by atoms with E-state index in [1.807, 2.05) is 24.3 Å². The topological polar surface area (TPSA) is 132 Å². The van der Waals surface area contributed by atoms with Gasteiger partial charge < -0.3 is 19.9 Å². The number of anilines is 3. The van der Waals surface area contributed by atoms with Crippen molar-refractivity contribution in [2.45, 2.75) is 36.3 Å². The Morgan fingerprint density at radius 3 is 2.16 bits per heavy atom. The average Bonchev–Trinajstić information content (AvgIpc) is 3.50. The molecule has 11 nitrogen and oxygen atoms in total. The number of nitrogens with one attached hydrogen (secondary N) is 2. The summed E-state index contributed by atoms with van der Waals surface area (Å²) in [7, 11) is 2.98. The molecule has 6 aromatic rings. The molecule has 2 aromatic carbocycles. The lowest BCUT2D eigenvalue weighted by Crippen LogP contribution is -2.59. The van der Waals surface area contributed by atoms with Gasteiger partial charge in [-0.3, -0.25) is 14.4 Å². The number of aryl methyl sites for hydroxylation is 1. The summed E-state index contributed by atoms with van der Waals surface area (Å²) in [5.41, 5.74) is -2.68. The predicted octanol–water partition coefficient (Wildman–Crippen LogP) is 7.48. The lowest BCUT2D eigenvalue weighted by Gasteiger charge is -2.32. The molecule has 0 amide bonds. The Morgan fingerprint density at radius 1 is 0.840 bits per heavy atom. The Kier molecular flexibility index (Phi) is 9.08. The number of methoxy groups -OCH3 is 2. The van der Waals surface area contributed by atoms with Crippen molar-refractivity contribution in [1.29, 1.82) is 0 Å². The van der Waals surface area contributed by atoms with Crippen molar-refractivity contribution >= 4 is 51.1 Å². The molecule has 260 valence electrons. The van der Waals surface area contributed by atoms with E-state index in [1.54, 1.807) is 43.6 Å². The minimum atomic E-state index is -5.98. The number of ether oxygens (including phenoxy) is 2. The summed E-state index contributed by atoms with van der Waals surface area (Å²) in [6.07, 6.45) is -7.57. The molecule has 0 spiro atoms. The zero-order valence-electron chi connectivity index (χ0n) is 26.3. The summed E-state index contributed by atoms with van der Waals surface area (Å²) < 4.78 is 94.2. The van der Waals surface area contributed by atoms with Gasteiger partial charge in [0.25, 0.3) is 5.60 Å². The first-order valence-electron chi connectivity index (χ1n) is 14.5. The van der Waals surface area contributed by atoms with Gasteiger partial charge in [-0.25, -0.2) is 4.98 Å². The summed E-state index contributed by atoms with van der Waals surface area (Å²) in [5, 5.41) is 18.5.